The zero-order valence-corrected chi connectivity index (χ0v) is 9.42. The van der Waals surface area contributed by atoms with E-state index in [2.05, 4.69) is 22.3 Å². The van der Waals surface area contributed by atoms with Gasteiger partial charge in [0.1, 0.15) is 6.33 Å². The molecule has 14 heavy (non-hydrogen) atoms. The standard InChI is InChI=1S/C9H16N4S/c1-7-4-14-5-8(7)10-3-9-11-6-13(2)12-9/h6-8,10H,3-5H2,1-2H3. The molecule has 0 radical (unpaired) electrons. The van der Waals surface area contributed by atoms with E-state index in [1.807, 2.05) is 18.8 Å². The largest absolute Gasteiger partial charge is 0.306 e. The van der Waals surface area contributed by atoms with Gasteiger partial charge >= 0.3 is 0 Å². The second-order valence-corrected chi connectivity index (χ2v) is 4.91. The highest BCUT2D eigenvalue weighted by molar-refractivity contribution is 7.99. The Bertz CT molecular complexity index is 299. The van der Waals surface area contributed by atoms with Gasteiger partial charge in [0.15, 0.2) is 5.82 Å². The van der Waals surface area contributed by atoms with E-state index >= 15 is 0 Å². The summed E-state index contributed by atoms with van der Waals surface area (Å²) in [7, 11) is 1.89. The molecule has 0 saturated carbocycles. The molecule has 1 saturated heterocycles. The third kappa shape index (κ3) is 2.27. The molecule has 1 aliphatic heterocycles. The topological polar surface area (TPSA) is 42.7 Å². The Balaban J connectivity index is 1.82. The molecule has 2 rings (SSSR count). The number of nitrogens with one attached hydrogen (secondary N) is 1. The molecule has 2 heterocycles. The van der Waals surface area contributed by atoms with Gasteiger partial charge in [-0.1, -0.05) is 6.92 Å². The Hall–Kier alpha value is -0.550. The third-order valence-electron chi connectivity index (χ3n) is 2.53. The zero-order valence-electron chi connectivity index (χ0n) is 8.60. The molecule has 0 aliphatic carbocycles. The van der Waals surface area contributed by atoms with Crippen LogP contribution < -0.4 is 5.32 Å². The summed E-state index contributed by atoms with van der Waals surface area (Å²) < 4.78 is 1.74. The first kappa shape index (κ1) is 9.98. The Labute approximate surface area is 88.5 Å². The predicted octanol–water partition coefficient (Wildman–Crippen LogP) is 0.656. The van der Waals surface area contributed by atoms with E-state index in [0.29, 0.717) is 6.04 Å². The average molecular weight is 212 g/mol. The fourth-order valence-corrected chi connectivity index (χ4v) is 3.05. The average Bonchev–Trinajstić information content (AvgIpc) is 2.72. The Morgan fingerprint density at radius 3 is 3.07 bits per heavy atom. The molecule has 1 aromatic heterocycles. The van der Waals surface area contributed by atoms with Crippen LogP contribution >= 0.6 is 11.8 Å². The fraction of sp³-hybridized carbons (Fsp3) is 0.778. The lowest BCUT2D eigenvalue weighted by molar-refractivity contribution is 0.447. The third-order valence-corrected chi connectivity index (χ3v) is 3.89. The maximum absolute atomic E-state index is 4.23. The van der Waals surface area contributed by atoms with Crippen molar-refractivity contribution < 1.29 is 0 Å². The van der Waals surface area contributed by atoms with Crippen molar-refractivity contribution in [2.75, 3.05) is 11.5 Å². The molecule has 0 amide bonds. The van der Waals surface area contributed by atoms with Gasteiger partial charge in [-0.15, -0.1) is 0 Å². The highest BCUT2D eigenvalue weighted by Gasteiger charge is 2.23. The summed E-state index contributed by atoms with van der Waals surface area (Å²) in [6.07, 6.45) is 1.74. The van der Waals surface area contributed by atoms with E-state index in [1.54, 1.807) is 11.0 Å². The fourth-order valence-electron chi connectivity index (χ4n) is 1.61. The molecule has 2 unspecified atom stereocenters. The minimum Gasteiger partial charge on any atom is -0.306 e. The van der Waals surface area contributed by atoms with Gasteiger partial charge < -0.3 is 5.32 Å². The van der Waals surface area contributed by atoms with Crippen LogP contribution in [0.15, 0.2) is 6.33 Å². The maximum atomic E-state index is 4.23. The van der Waals surface area contributed by atoms with Crippen molar-refractivity contribution in [1.82, 2.24) is 20.1 Å². The van der Waals surface area contributed by atoms with Gasteiger partial charge in [0.25, 0.3) is 0 Å². The van der Waals surface area contributed by atoms with E-state index in [9.17, 15) is 0 Å². The summed E-state index contributed by atoms with van der Waals surface area (Å²) in [5, 5.41) is 7.73. The van der Waals surface area contributed by atoms with E-state index in [-0.39, 0.29) is 0 Å². The maximum Gasteiger partial charge on any atom is 0.164 e. The van der Waals surface area contributed by atoms with Gasteiger partial charge in [-0.3, -0.25) is 4.68 Å². The Morgan fingerprint density at radius 1 is 1.64 bits per heavy atom. The van der Waals surface area contributed by atoms with Crippen LogP contribution in [0.3, 0.4) is 0 Å². The first-order chi connectivity index (χ1) is 6.75. The molecule has 1 aromatic rings. The van der Waals surface area contributed by atoms with Crippen molar-refractivity contribution in [2.24, 2.45) is 13.0 Å². The van der Waals surface area contributed by atoms with E-state index in [4.69, 9.17) is 0 Å². The number of hydrogen-bond acceptors (Lipinski definition) is 4. The molecule has 4 nitrogen and oxygen atoms in total. The van der Waals surface area contributed by atoms with Crippen molar-refractivity contribution in [3.05, 3.63) is 12.2 Å². The molecule has 1 fully saturated rings. The summed E-state index contributed by atoms with van der Waals surface area (Å²) in [4.78, 5) is 4.18. The van der Waals surface area contributed by atoms with Crippen molar-refractivity contribution in [3.63, 3.8) is 0 Å². The van der Waals surface area contributed by atoms with Gasteiger partial charge in [-0.2, -0.15) is 16.9 Å². The monoisotopic (exact) mass is 212 g/mol. The number of aromatic nitrogens is 3. The summed E-state index contributed by atoms with van der Waals surface area (Å²) in [5.74, 6) is 4.14. The van der Waals surface area contributed by atoms with Crippen LogP contribution in [0.2, 0.25) is 0 Å². The summed E-state index contributed by atoms with van der Waals surface area (Å²) in [5.41, 5.74) is 0. The van der Waals surface area contributed by atoms with Crippen LogP contribution in [-0.4, -0.2) is 32.3 Å². The van der Waals surface area contributed by atoms with Crippen molar-refractivity contribution >= 4 is 11.8 Å². The van der Waals surface area contributed by atoms with Gasteiger partial charge in [0.05, 0.1) is 6.54 Å². The first-order valence-electron chi connectivity index (χ1n) is 4.91. The van der Waals surface area contributed by atoms with E-state index in [0.717, 1.165) is 18.3 Å². The van der Waals surface area contributed by atoms with Crippen molar-refractivity contribution in [2.45, 2.75) is 19.5 Å². The molecule has 0 aromatic carbocycles. The first-order valence-corrected chi connectivity index (χ1v) is 6.07. The number of thioether (sulfide) groups is 1. The van der Waals surface area contributed by atoms with Gasteiger partial charge in [0, 0.05) is 18.8 Å². The summed E-state index contributed by atoms with van der Waals surface area (Å²) >= 11 is 2.02. The molecule has 5 heteroatoms. The number of aryl methyl sites for hydroxylation is 1. The highest BCUT2D eigenvalue weighted by Crippen LogP contribution is 2.23. The van der Waals surface area contributed by atoms with Gasteiger partial charge in [0.2, 0.25) is 0 Å². The molecule has 0 spiro atoms. The lowest BCUT2D eigenvalue weighted by Gasteiger charge is -2.14. The second-order valence-electron chi connectivity index (χ2n) is 3.84. The van der Waals surface area contributed by atoms with Crippen LogP contribution in [0.1, 0.15) is 12.7 Å². The zero-order chi connectivity index (χ0) is 9.97. The van der Waals surface area contributed by atoms with Gasteiger partial charge in [-0.25, -0.2) is 4.98 Å². The predicted molar refractivity (Wildman–Crippen MR) is 58.1 cm³/mol. The smallest absolute Gasteiger partial charge is 0.164 e. The van der Waals surface area contributed by atoms with Crippen LogP contribution in [0.5, 0.6) is 0 Å². The lowest BCUT2D eigenvalue weighted by Crippen LogP contribution is -2.33. The van der Waals surface area contributed by atoms with Crippen LogP contribution in [0, 0.1) is 5.92 Å². The molecular weight excluding hydrogens is 196 g/mol. The van der Waals surface area contributed by atoms with E-state index in [1.165, 1.54) is 11.5 Å². The molecule has 78 valence electrons. The summed E-state index contributed by atoms with van der Waals surface area (Å²) in [6, 6.07) is 0.629. The van der Waals surface area contributed by atoms with Crippen LogP contribution in [0.4, 0.5) is 0 Å². The van der Waals surface area contributed by atoms with Crippen LogP contribution in [0.25, 0.3) is 0 Å². The van der Waals surface area contributed by atoms with Crippen LogP contribution in [-0.2, 0) is 13.6 Å². The molecule has 1 aliphatic rings. The Kier molecular flexibility index (Phi) is 3.08. The molecular formula is C9H16N4S. The van der Waals surface area contributed by atoms with Gasteiger partial charge in [-0.05, 0) is 11.7 Å². The normalized spacial score (nSPS) is 27.0. The summed E-state index contributed by atoms with van der Waals surface area (Å²) in [6.45, 7) is 3.08. The number of hydrogen-bond donors (Lipinski definition) is 1. The number of rotatable bonds is 3. The minimum atomic E-state index is 0.629. The molecule has 2 atom stereocenters. The number of nitrogens with zero attached hydrogens (tertiary/aromatic N) is 3. The van der Waals surface area contributed by atoms with E-state index < -0.39 is 0 Å². The molecule has 0 bridgehead atoms. The quantitative estimate of drug-likeness (QED) is 0.799. The Morgan fingerprint density at radius 2 is 2.50 bits per heavy atom. The highest BCUT2D eigenvalue weighted by atomic mass is 32.2. The lowest BCUT2D eigenvalue weighted by atomic mass is 10.1. The minimum absolute atomic E-state index is 0.629. The SMILES string of the molecule is CC1CSCC1NCc1ncn(C)n1. The molecule has 1 N–H and O–H groups in total. The van der Waals surface area contributed by atoms with Crippen molar-refractivity contribution in [1.29, 1.82) is 0 Å². The second kappa shape index (κ2) is 4.31. The van der Waals surface area contributed by atoms with Crippen molar-refractivity contribution in [3.8, 4) is 0 Å².